The van der Waals surface area contributed by atoms with Crippen LogP contribution in [-0.2, 0) is 0 Å². The Bertz CT molecular complexity index is 566. The number of hydrogen-bond donors (Lipinski definition) is 1. The molecule has 1 aromatic heterocycles. The van der Waals surface area contributed by atoms with Crippen LogP contribution >= 0.6 is 11.8 Å². The summed E-state index contributed by atoms with van der Waals surface area (Å²) in [6, 6.07) is 6.35. The Labute approximate surface area is 102 Å². The fraction of sp³-hybridized carbons (Fsp3) is 0.0909. The van der Waals surface area contributed by atoms with Crippen LogP contribution in [0.1, 0.15) is 5.76 Å². The number of nitrogens with zero attached hydrogens (tertiary/aromatic N) is 1. The molecular weight excluding hydrogens is 240 g/mol. The summed E-state index contributed by atoms with van der Waals surface area (Å²) in [5.74, 6) is 0.778. The first-order valence-electron chi connectivity index (χ1n) is 4.83. The first-order chi connectivity index (χ1) is 8.06. The largest absolute Gasteiger partial charge is 0.468 e. The van der Waals surface area contributed by atoms with Crippen molar-refractivity contribution in [1.82, 2.24) is 0 Å². The van der Waals surface area contributed by atoms with Crippen molar-refractivity contribution in [3.05, 3.63) is 46.4 Å². The number of nitrogens with two attached hydrogens (primary N) is 1. The summed E-state index contributed by atoms with van der Waals surface area (Å²) in [5, 5.41) is 10.7. The van der Waals surface area contributed by atoms with Crippen molar-refractivity contribution in [1.29, 1.82) is 0 Å². The van der Waals surface area contributed by atoms with Crippen LogP contribution in [-0.4, -0.2) is 4.92 Å². The molecule has 0 aliphatic heterocycles. The molecule has 0 aliphatic carbocycles. The Kier molecular flexibility index (Phi) is 3.06. The number of nitro groups is 1. The van der Waals surface area contributed by atoms with Gasteiger partial charge in [-0.05, 0) is 19.1 Å². The zero-order valence-corrected chi connectivity index (χ0v) is 9.86. The average molecular weight is 250 g/mol. The molecule has 5 nitrogen and oxygen atoms in total. The number of nitro benzene ring substituents is 1. The molecule has 0 saturated carbocycles. The maximum Gasteiger partial charge on any atom is 0.272 e. The molecule has 0 unspecified atom stereocenters. The van der Waals surface area contributed by atoms with Gasteiger partial charge in [0, 0.05) is 22.7 Å². The minimum absolute atomic E-state index is 0.00588. The van der Waals surface area contributed by atoms with Gasteiger partial charge >= 0.3 is 0 Å². The molecule has 6 heteroatoms. The first kappa shape index (κ1) is 11.5. The van der Waals surface area contributed by atoms with Crippen LogP contribution in [0.25, 0.3) is 0 Å². The molecule has 2 aromatic rings. The van der Waals surface area contributed by atoms with Gasteiger partial charge in [0.15, 0.2) is 0 Å². The zero-order chi connectivity index (χ0) is 12.4. The van der Waals surface area contributed by atoms with Gasteiger partial charge in [-0.25, -0.2) is 0 Å². The Hall–Kier alpha value is -1.95. The Morgan fingerprint density at radius 2 is 2.18 bits per heavy atom. The van der Waals surface area contributed by atoms with Crippen molar-refractivity contribution >= 4 is 23.1 Å². The van der Waals surface area contributed by atoms with Gasteiger partial charge in [-0.1, -0.05) is 11.8 Å². The molecule has 0 bridgehead atoms. The third-order valence-electron chi connectivity index (χ3n) is 2.16. The van der Waals surface area contributed by atoms with Gasteiger partial charge in [0.1, 0.15) is 5.76 Å². The number of benzene rings is 1. The molecule has 0 atom stereocenters. The quantitative estimate of drug-likeness (QED) is 0.513. The molecule has 17 heavy (non-hydrogen) atoms. The van der Waals surface area contributed by atoms with Crippen LogP contribution in [0, 0.1) is 17.0 Å². The van der Waals surface area contributed by atoms with Crippen molar-refractivity contribution in [2.75, 3.05) is 5.73 Å². The van der Waals surface area contributed by atoms with Gasteiger partial charge in [-0.2, -0.15) is 0 Å². The average Bonchev–Trinajstić information content (AvgIpc) is 2.63. The zero-order valence-electron chi connectivity index (χ0n) is 9.04. The highest BCUT2D eigenvalue weighted by Gasteiger charge is 2.11. The molecule has 0 aliphatic rings. The van der Waals surface area contributed by atoms with Crippen molar-refractivity contribution in [3.8, 4) is 0 Å². The maximum atomic E-state index is 10.7. The Morgan fingerprint density at radius 1 is 1.41 bits per heavy atom. The van der Waals surface area contributed by atoms with E-state index in [0.717, 1.165) is 15.6 Å². The van der Waals surface area contributed by atoms with E-state index < -0.39 is 4.92 Å². The van der Waals surface area contributed by atoms with E-state index in [-0.39, 0.29) is 5.69 Å². The molecule has 0 saturated heterocycles. The lowest BCUT2D eigenvalue weighted by Crippen LogP contribution is -1.92. The number of rotatable bonds is 3. The van der Waals surface area contributed by atoms with E-state index in [0.29, 0.717) is 5.69 Å². The third-order valence-corrected chi connectivity index (χ3v) is 3.28. The van der Waals surface area contributed by atoms with Gasteiger partial charge in [-0.15, -0.1) is 0 Å². The highest BCUT2D eigenvalue weighted by Crippen LogP contribution is 2.34. The smallest absolute Gasteiger partial charge is 0.272 e. The summed E-state index contributed by atoms with van der Waals surface area (Å²) in [6.45, 7) is 1.84. The van der Waals surface area contributed by atoms with Crippen molar-refractivity contribution < 1.29 is 9.34 Å². The normalized spacial score (nSPS) is 10.4. The van der Waals surface area contributed by atoms with E-state index in [4.69, 9.17) is 10.2 Å². The highest BCUT2D eigenvalue weighted by atomic mass is 32.2. The van der Waals surface area contributed by atoms with E-state index in [1.54, 1.807) is 12.3 Å². The monoisotopic (exact) mass is 250 g/mol. The van der Waals surface area contributed by atoms with Crippen LogP contribution in [0.5, 0.6) is 0 Å². The van der Waals surface area contributed by atoms with E-state index >= 15 is 0 Å². The van der Waals surface area contributed by atoms with Crippen LogP contribution in [0.4, 0.5) is 11.4 Å². The molecule has 0 radical (unpaired) electrons. The second-order valence-corrected chi connectivity index (χ2v) is 4.58. The van der Waals surface area contributed by atoms with E-state index in [2.05, 4.69) is 0 Å². The molecule has 88 valence electrons. The Morgan fingerprint density at radius 3 is 2.76 bits per heavy atom. The van der Waals surface area contributed by atoms with Gasteiger partial charge in [-0.3, -0.25) is 10.1 Å². The van der Waals surface area contributed by atoms with Crippen LogP contribution < -0.4 is 5.73 Å². The van der Waals surface area contributed by atoms with Gasteiger partial charge in [0.05, 0.1) is 16.1 Å². The number of furan rings is 1. The number of nitrogen functional groups attached to an aromatic ring is 1. The lowest BCUT2D eigenvalue weighted by atomic mass is 10.3. The minimum atomic E-state index is -0.456. The van der Waals surface area contributed by atoms with E-state index in [1.165, 1.54) is 23.9 Å². The van der Waals surface area contributed by atoms with Gasteiger partial charge in [0.2, 0.25) is 0 Å². The van der Waals surface area contributed by atoms with Crippen molar-refractivity contribution in [2.45, 2.75) is 16.7 Å². The summed E-state index contributed by atoms with van der Waals surface area (Å²) in [4.78, 5) is 11.9. The number of hydrogen-bond acceptors (Lipinski definition) is 5. The second-order valence-electron chi connectivity index (χ2n) is 3.46. The molecule has 0 fully saturated rings. The summed E-state index contributed by atoms with van der Waals surface area (Å²) in [6.07, 6.45) is 1.58. The lowest BCUT2D eigenvalue weighted by Gasteiger charge is -2.02. The van der Waals surface area contributed by atoms with Crippen LogP contribution in [0.2, 0.25) is 0 Å². The predicted octanol–water partition coefficient (Wildman–Crippen LogP) is 3.23. The Balaban J connectivity index is 2.33. The molecule has 2 rings (SSSR count). The standard InChI is InChI=1S/C11H10N2O3S/c1-7-11(2-3-16-7)17-10-5-8(12)4-9(6-10)13(14)15/h2-6H,12H2,1H3. The lowest BCUT2D eigenvalue weighted by molar-refractivity contribution is -0.385. The number of non-ortho nitro benzene ring substituents is 1. The molecule has 0 amide bonds. The second kappa shape index (κ2) is 4.50. The fourth-order valence-electron chi connectivity index (χ4n) is 1.38. The maximum absolute atomic E-state index is 10.7. The minimum Gasteiger partial charge on any atom is -0.468 e. The van der Waals surface area contributed by atoms with E-state index in [9.17, 15) is 10.1 Å². The summed E-state index contributed by atoms with van der Waals surface area (Å²) < 4.78 is 5.16. The van der Waals surface area contributed by atoms with Crippen LogP contribution in [0.15, 0.2) is 44.7 Å². The molecule has 0 spiro atoms. The molecule has 2 N–H and O–H groups in total. The number of aryl methyl sites for hydroxylation is 1. The van der Waals surface area contributed by atoms with Crippen molar-refractivity contribution in [3.63, 3.8) is 0 Å². The summed E-state index contributed by atoms with van der Waals surface area (Å²) >= 11 is 1.39. The van der Waals surface area contributed by atoms with Crippen molar-refractivity contribution in [2.24, 2.45) is 0 Å². The molecule has 1 heterocycles. The first-order valence-corrected chi connectivity index (χ1v) is 5.65. The summed E-state index contributed by atoms with van der Waals surface area (Å²) in [7, 11) is 0. The van der Waals surface area contributed by atoms with Gasteiger partial charge in [0.25, 0.3) is 5.69 Å². The SMILES string of the molecule is Cc1occc1Sc1cc(N)cc([N+](=O)[O-])c1. The predicted molar refractivity (Wildman–Crippen MR) is 65.1 cm³/mol. The number of anilines is 1. The summed E-state index contributed by atoms with van der Waals surface area (Å²) in [5.41, 5.74) is 5.99. The molecule has 1 aromatic carbocycles. The topological polar surface area (TPSA) is 82.3 Å². The fourth-order valence-corrected chi connectivity index (χ4v) is 2.32. The highest BCUT2D eigenvalue weighted by molar-refractivity contribution is 7.99. The van der Waals surface area contributed by atoms with E-state index in [1.807, 2.05) is 13.0 Å². The molecular formula is C11H10N2O3S. The third kappa shape index (κ3) is 2.59. The van der Waals surface area contributed by atoms with Gasteiger partial charge < -0.3 is 10.2 Å². The van der Waals surface area contributed by atoms with Crippen LogP contribution in [0.3, 0.4) is 0 Å².